The number of hydrogen-bond acceptors (Lipinski definition) is 5. The van der Waals surface area contributed by atoms with E-state index >= 15 is 0 Å². The number of amides is 1. The Morgan fingerprint density at radius 3 is 2.31 bits per heavy atom. The molecule has 3 aromatic rings. The fourth-order valence-corrected chi connectivity index (χ4v) is 3.66. The van der Waals surface area contributed by atoms with Crippen LogP contribution in [0.4, 0.5) is 18.9 Å². The predicted octanol–water partition coefficient (Wildman–Crippen LogP) is 4.34. The van der Waals surface area contributed by atoms with Crippen molar-refractivity contribution in [3.63, 3.8) is 0 Å². The molecular formula is C19H18F3N5OS. The number of tetrazole rings is 1. The number of nitrogens with one attached hydrogen (secondary N) is 1. The predicted molar refractivity (Wildman–Crippen MR) is 104 cm³/mol. The van der Waals surface area contributed by atoms with E-state index in [1.165, 1.54) is 12.1 Å². The Balaban J connectivity index is 1.67. The van der Waals surface area contributed by atoms with E-state index in [1.54, 1.807) is 4.68 Å². The number of anilines is 1. The number of alkyl halides is 3. The summed E-state index contributed by atoms with van der Waals surface area (Å²) in [4.78, 5) is 12.2. The van der Waals surface area contributed by atoms with Gasteiger partial charge in [-0.05, 0) is 66.6 Å². The molecule has 0 aliphatic heterocycles. The molecule has 10 heteroatoms. The van der Waals surface area contributed by atoms with E-state index < -0.39 is 11.7 Å². The molecule has 152 valence electrons. The Kier molecular flexibility index (Phi) is 5.92. The van der Waals surface area contributed by atoms with E-state index in [0.717, 1.165) is 46.3 Å². The number of carbonyl (C=O) groups is 1. The minimum absolute atomic E-state index is 0.00531. The van der Waals surface area contributed by atoms with Crippen LogP contribution in [-0.2, 0) is 11.0 Å². The van der Waals surface area contributed by atoms with Gasteiger partial charge in [-0.25, -0.2) is 0 Å². The van der Waals surface area contributed by atoms with Gasteiger partial charge in [-0.15, -0.1) is 5.10 Å². The molecule has 3 rings (SSSR count). The molecule has 1 amide bonds. The number of rotatable bonds is 5. The fraction of sp³-hybridized carbons (Fsp3) is 0.263. The lowest BCUT2D eigenvalue weighted by molar-refractivity contribution is -0.137. The van der Waals surface area contributed by atoms with Gasteiger partial charge in [0.15, 0.2) is 0 Å². The van der Waals surface area contributed by atoms with Gasteiger partial charge in [-0.2, -0.15) is 17.9 Å². The molecule has 2 aromatic carbocycles. The first kappa shape index (κ1) is 20.8. The third-order valence-corrected chi connectivity index (χ3v) is 5.04. The summed E-state index contributed by atoms with van der Waals surface area (Å²) >= 11 is 1.14. The maximum atomic E-state index is 12.6. The first-order valence-electron chi connectivity index (χ1n) is 8.61. The Morgan fingerprint density at radius 1 is 1.10 bits per heavy atom. The molecule has 0 spiro atoms. The van der Waals surface area contributed by atoms with Crippen LogP contribution in [0.25, 0.3) is 5.69 Å². The molecule has 1 aromatic heterocycles. The number of benzene rings is 2. The van der Waals surface area contributed by atoms with Crippen LogP contribution in [0.15, 0.2) is 41.6 Å². The average Bonchev–Trinajstić information content (AvgIpc) is 3.07. The van der Waals surface area contributed by atoms with Crippen LogP contribution in [0, 0.1) is 20.8 Å². The van der Waals surface area contributed by atoms with Crippen LogP contribution >= 0.6 is 11.8 Å². The van der Waals surface area contributed by atoms with Crippen molar-refractivity contribution in [3.8, 4) is 5.69 Å². The first-order chi connectivity index (χ1) is 13.6. The van der Waals surface area contributed by atoms with Gasteiger partial charge in [0, 0.05) is 5.69 Å². The number of thioether (sulfide) groups is 1. The molecule has 0 radical (unpaired) electrons. The standard InChI is InChI=1S/C19H18F3N5OS/c1-11-8-12(2)17(13(3)9-11)27-18(24-25-26-27)29-10-16(28)23-15-6-4-14(5-7-15)19(20,21)22/h4-9H,10H2,1-3H3,(H,23,28). The zero-order valence-electron chi connectivity index (χ0n) is 15.9. The SMILES string of the molecule is Cc1cc(C)c(-n2nnnc2SCC(=O)Nc2ccc(C(F)(F)F)cc2)c(C)c1. The van der Waals surface area contributed by atoms with Crippen LogP contribution < -0.4 is 5.32 Å². The lowest BCUT2D eigenvalue weighted by Crippen LogP contribution is -2.15. The van der Waals surface area contributed by atoms with Crippen molar-refractivity contribution in [2.24, 2.45) is 0 Å². The smallest absolute Gasteiger partial charge is 0.325 e. The number of hydrogen-bond donors (Lipinski definition) is 1. The van der Waals surface area contributed by atoms with E-state index in [1.807, 2.05) is 32.9 Å². The zero-order chi connectivity index (χ0) is 21.2. The highest BCUT2D eigenvalue weighted by molar-refractivity contribution is 7.99. The van der Waals surface area contributed by atoms with Gasteiger partial charge in [0.2, 0.25) is 11.1 Å². The molecule has 1 heterocycles. The third kappa shape index (κ3) is 4.94. The minimum atomic E-state index is -4.41. The highest BCUT2D eigenvalue weighted by Crippen LogP contribution is 2.30. The molecule has 0 fully saturated rings. The van der Waals surface area contributed by atoms with Crippen molar-refractivity contribution in [2.75, 3.05) is 11.1 Å². The summed E-state index contributed by atoms with van der Waals surface area (Å²) in [5, 5.41) is 14.7. The number of nitrogens with zero attached hydrogens (tertiary/aromatic N) is 4. The fourth-order valence-electron chi connectivity index (χ4n) is 2.99. The molecule has 6 nitrogen and oxygen atoms in total. The quantitative estimate of drug-likeness (QED) is 0.621. The maximum Gasteiger partial charge on any atom is 0.416 e. The Morgan fingerprint density at radius 2 is 1.72 bits per heavy atom. The van der Waals surface area contributed by atoms with Crippen LogP contribution in [0.5, 0.6) is 0 Å². The van der Waals surface area contributed by atoms with Crippen LogP contribution in [-0.4, -0.2) is 31.9 Å². The van der Waals surface area contributed by atoms with Crippen molar-refractivity contribution in [3.05, 3.63) is 58.7 Å². The van der Waals surface area contributed by atoms with Crippen LogP contribution in [0.3, 0.4) is 0 Å². The largest absolute Gasteiger partial charge is 0.416 e. The molecule has 1 N–H and O–H groups in total. The van der Waals surface area contributed by atoms with E-state index in [-0.39, 0.29) is 17.3 Å². The van der Waals surface area contributed by atoms with Crippen molar-refractivity contribution in [2.45, 2.75) is 32.1 Å². The lowest BCUT2D eigenvalue weighted by atomic mass is 10.1. The van der Waals surface area contributed by atoms with Crippen molar-refractivity contribution >= 4 is 23.4 Å². The topological polar surface area (TPSA) is 72.7 Å². The molecule has 0 atom stereocenters. The molecule has 29 heavy (non-hydrogen) atoms. The van der Waals surface area contributed by atoms with Crippen molar-refractivity contribution < 1.29 is 18.0 Å². The monoisotopic (exact) mass is 421 g/mol. The number of carbonyl (C=O) groups excluding carboxylic acids is 1. The van der Waals surface area contributed by atoms with Gasteiger partial charge in [0.1, 0.15) is 0 Å². The maximum absolute atomic E-state index is 12.6. The number of aromatic nitrogens is 4. The Labute approximate surface area is 169 Å². The summed E-state index contributed by atoms with van der Waals surface area (Å²) in [6, 6.07) is 8.33. The second-order valence-corrected chi connectivity index (χ2v) is 7.48. The number of halogens is 3. The van der Waals surface area contributed by atoms with Crippen molar-refractivity contribution in [1.29, 1.82) is 0 Å². The van der Waals surface area contributed by atoms with Gasteiger partial charge in [0.05, 0.1) is 17.0 Å². The third-order valence-electron chi connectivity index (χ3n) is 4.12. The molecule has 0 aliphatic carbocycles. The summed E-state index contributed by atoms with van der Waals surface area (Å²) in [5.41, 5.74) is 3.51. The van der Waals surface area contributed by atoms with E-state index in [2.05, 4.69) is 20.8 Å². The Hall–Kier alpha value is -2.88. The van der Waals surface area contributed by atoms with Crippen molar-refractivity contribution in [1.82, 2.24) is 20.2 Å². The molecular weight excluding hydrogens is 403 g/mol. The first-order valence-corrected chi connectivity index (χ1v) is 9.60. The molecule has 0 saturated heterocycles. The van der Waals surface area contributed by atoms with E-state index in [9.17, 15) is 18.0 Å². The molecule has 0 saturated carbocycles. The van der Waals surface area contributed by atoms with Crippen LogP contribution in [0.1, 0.15) is 22.3 Å². The van der Waals surface area contributed by atoms with Crippen LogP contribution in [0.2, 0.25) is 0 Å². The highest BCUT2D eigenvalue weighted by atomic mass is 32.2. The normalized spacial score (nSPS) is 11.5. The summed E-state index contributed by atoms with van der Waals surface area (Å²) in [6.45, 7) is 5.93. The highest BCUT2D eigenvalue weighted by Gasteiger charge is 2.30. The second kappa shape index (κ2) is 8.24. The summed E-state index contributed by atoms with van der Waals surface area (Å²) < 4.78 is 39.4. The molecule has 0 unspecified atom stereocenters. The summed E-state index contributed by atoms with van der Waals surface area (Å²) in [6.07, 6.45) is -4.41. The second-order valence-electron chi connectivity index (χ2n) is 6.53. The molecule has 0 bridgehead atoms. The summed E-state index contributed by atoms with van der Waals surface area (Å²) in [7, 11) is 0. The zero-order valence-corrected chi connectivity index (χ0v) is 16.7. The van der Waals surface area contributed by atoms with Gasteiger partial charge >= 0.3 is 6.18 Å². The van der Waals surface area contributed by atoms with E-state index in [0.29, 0.717) is 5.16 Å². The lowest BCUT2D eigenvalue weighted by Gasteiger charge is -2.12. The van der Waals surface area contributed by atoms with E-state index in [4.69, 9.17) is 0 Å². The van der Waals surface area contributed by atoms with Gasteiger partial charge in [-0.3, -0.25) is 4.79 Å². The molecule has 0 aliphatic rings. The minimum Gasteiger partial charge on any atom is -0.325 e. The van der Waals surface area contributed by atoms with Gasteiger partial charge in [0.25, 0.3) is 0 Å². The summed E-state index contributed by atoms with van der Waals surface area (Å²) in [5.74, 6) is -0.368. The average molecular weight is 421 g/mol. The van der Waals surface area contributed by atoms with Gasteiger partial charge in [-0.1, -0.05) is 29.5 Å². The number of aryl methyl sites for hydroxylation is 3. The van der Waals surface area contributed by atoms with Gasteiger partial charge < -0.3 is 5.32 Å². The Bertz CT molecular complexity index is 1010.